The molecule has 288 valence electrons. The number of nitrogens with one attached hydrogen (secondary N) is 3. The molecule has 1 aromatic carbocycles. The molecule has 0 saturated carbocycles. The van der Waals surface area contributed by atoms with E-state index in [0.29, 0.717) is 44.9 Å². The number of methoxy groups -OCH3 is 1. The van der Waals surface area contributed by atoms with Gasteiger partial charge in [-0.05, 0) is 59.3 Å². The first-order chi connectivity index (χ1) is 24.3. The first-order valence-electron chi connectivity index (χ1n) is 18.2. The van der Waals surface area contributed by atoms with Crippen molar-refractivity contribution in [2.45, 2.75) is 106 Å². The molecule has 1 saturated heterocycles. The molecule has 13 heteroatoms. The van der Waals surface area contributed by atoms with Crippen molar-refractivity contribution in [3.63, 3.8) is 0 Å². The largest absolute Gasteiger partial charge is 0.453 e. The van der Waals surface area contributed by atoms with Crippen LogP contribution in [0.5, 0.6) is 0 Å². The van der Waals surface area contributed by atoms with Crippen LogP contribution in [0.4, 0.5) is 9.59 Å². The minimum atomic E-state index is -1.13. The number of aliphatic hydroxyl groups excluding tert-OH is 1. The minimum Gasteiger partial charge on any atom is -0.453 e. The topological polar surface area (TPSA) is 156 Å². The lowest BCUT2D eigenvalue weighted by Gasteiger charge is -2.38. The number of hydrazine groups is 1. The molecule has 0 radical (unpaired) electrons. The summed E-state index contributed by atoms with van der Waals surface area (Å²) in [6.45, 7) is 19.1. The number of rotatable bonds is 16. The molecule has 3 rings (SSSR count). The van der Waals surface area contributed by atoms with Crippen LogP contribution >= 0.6 is 0 Å². The van der Waals surface area contributed by atoms with Crippen LogP contribution in [-0.4, -0.2) is 106 Å². The van der Waals surface area contributed by atoms with Gasteiger partial charge < -0.3 is 30.3 Å². The number of benzene rings is 1. The molecule has 52 heavy (non-hydrogen) atoms. The monoisotopic (exact) mass is 723 g/mol. The molecule has 1 aliphatic heterocycles. The Kier molecular flexibility index (Phi) is 15.0. The Labute approximate surface area is 309 Å². The Bertz CT molecular complexity index is 1490. The van der Waals surface area contributed by atoms with Crippen LogP contribution < -0.4 is 16.1 Å². The molecule has 2 aromatic rings. The predicted molar refractivity (Wildman–Crippen MR) is 201 cm³/mol. The second kappa shape index (κ2) is 18.5. The lowest BCUT2D eigenvalue weighted by Crippen LogP contribution is -2.61. The molecule has 4 N–H and O–H groups in total. The Hall–Kier alpha value is -4.23. The molecular weight excluding hydrogens is 662 g/mol. The van der Waals surface area contributed by atoms with E-state index in [-0.39, 0.29) is 18.5 Å². The molecular formula is C39H61N7O6. The highest BCUT2D eigenvalue weighted by molar-refractivity contribution is 5.89. The van der Waals surface area contributed by atoms with Gasteiger partial charge in [-0.2, -0.15) is 0 Å². The van der Waals surface area contributed by atoms with Gasteiger partial charge in [0.05, 0.1) is 19.3 Å². The van der Waals surface area contributed by atoms with Gasteiger partial charge in [-0.15, -0.1) is 0 Å². The lowest BCUT2D eigenvalue weighted by atomic mass is 9.84. The van der Waals surface area contributed by atoms with Crippen LogP contribution in [-0.2, 0) is 27.3 Å². The first kappa shape index (κ1) is 42.2. The van der Waals surface area contributed by atoms with Crippen molar-refractivity contribution in [1.29, 1.82) is 0 Å². The third-order valence-corrected chi connectivity index (χ3v) is 9.33. The number of nitrogens with zero attached hydrogens (tertiary/aromatic N) is 4. The van der Waals surface area contributed by atoms with Gasteiger partial charge in [0.2, 0.25) is 5.91 Å². The number of aromatic nitrogens is 1. The van der Waals surface area contributed by atoms with E-state index in [1.807, 2.05) is 84.9 Å². The van der Waals surface area contributed by atoms with Crippen LogP contribution in [0.3, 0.4) is 0 Å². The molecule has 1 fully saturated rings. The van der Waals surface area contributed by atoms with E-state index in [2.05, 4.69) is 34.9 Å². The summed E-state index contributed by atoms with van der Waals surface area (Å²) >= 11 is 0. The Morgan fingerprint density at radius 3 is 2.23 bits per heavy atom. The number of alkyl carbamates (subject to hydrolysis) is 1. The molecule has 1 aliphatic rings. The number of aliphatic hydroxyl groups is 1. The van der Waals surface area contributed by atoms with E-state index >= 15 is 0 Å². The second-order valence-electron chi connectivity index (χ2n) is 16.4. The summed E-state index contributed by atoms with van der Waals surface area (Å²) in [5, 5.41) is 19.3. The van der Waals surface area contributed by atoms with Crippen LogP contribution in [0.2, 0.25) is 0 Å². The highest BCUT2D eigenvalue weighted by Gasteiger charge is 2.44. The maximum atomic E-state index is 14.4. The maximum absolute atomic E-state index is 14.4. The smallest absolute Gasteiger partial charge is 0.407 e. The minimum absolute atomic E-state index is 0.00754. The molecule has 0 unspecified atom stereocenters. The van der Waals surface area contributed by atoms with E-state index < -0.39 is 47.1 Å². The Morgan fingerprint density at radius 2 is 1.65 bits per heavy atom. The third kappa shape index (κ3) is 12.2. The van der Waals surface area contributed by atoms with E-state index in [1.54, 1.807) is 27.2 Å². The van der Waals surface area contributed by atoms with E-state index in [4.69, 9.17) is 4.74 Å². The molecule has 5 amide bonds. The number of carbonyl (C=O) groups is 4. The van der Waals surface area contributed by atoms with Gasteiger partial charge >= 0.3 is 12.1 Å². The van der Waals surface area contributed by atoms with Crippen molar-refractivity contribution in [2.75, 3.05) is 33.3 Å². The summed E-state index contributed by atoms with van der Waals surface area (Å²) in [6, 6.07) is 8.73. The molecule has 0 spiro atoms. The fourth-order valence-corrected chi connectivity index (χ4v) is 6.30. The fraction of sp³-hybridized carbons (Fsp3) is 0.615. The third-order valence-electron chi connectivity index (χ3n) is 9.33. The van der Waals surface area contributed by atoms with Gasteiger partial charge in [-0.3, -0.25) is 20.0 Å². The predicted octanol–water partition coefficient (Wildman–Crippen LogP) is 4.28. The molecule has 0 bridgehead atoms. The normalized spacial score (nSPS) is 16.1. The van der Waals surface area contributed by atoms with Crippen LogP contribution in [0.1, 0.15) is 78.5 Å². The number of aryl methyl sites for hydroxylation is 1. The van der Waals surface area contributed by atoms with Crippen LogP contribution in [0, 0.1) is 23.7 Å². The van der Waals surface area contributed by atoms with E-state index in [0.717, 1.165) is 16.7 Å². The first-order valence-corrected chi connectivity index (χ1v) is 18.2. The van der Waals surface area contributed by atoms with Crippen LogP contribution in [0.15, 0.2) is 48.8 Å². The molecule has 0 aliphatic carbocycles. The highest BCUT2D eigenvalue weighted by Crippen LogP contribution is 2.29. The second-order valence-corrected chi connectivity index (χ2v) is 16.4. The van der Waals surface area contributed by atoms with Crippen molar-refractivity contribution < 1.29 is 29.0 Å². The van der Waals surface area contributed by atoms with Crippen LogP contribution in [0.25, 0.3) is 0 Å². The summed E-state index contributed by atoms with van der Waals surface area (Å²) in [4.78, 5) is 61.6. The van der Waals surface area contributed by atoms with Crippen molar-refractivity contribution in [3.05, 3.63) is 65.5 Å². The number of pyridine rings is 1. The zero-order valence-electron chi connectivity index (χ0n) is 32.7. The van der Waals surface area contributed by atoms with Crippen molar-refractivity contribution >= 4 is 23.9 Å². The van der Waals surface area contributed by atoms with Gasteiger partial charge in [0.25, 0.3) is 5.91 Å². The van der Waals surface area contributed by atoms with Crippen molar-refractivity contribution in [1.82, 2.24) is 35.9 Å². The summed E-state index contributed by atoms with van der Waals surface area (Å²) in [6.07, 6.45) is 2.66. The van der Waals surface area contributed by atoms with Gasteiger partial charge in [0.1, 0.15) is 12.1 Å². The van der Waals surface area contributed by atoms with Crippen molar-refractivity contribution in [2.24, 2.45) is 16.7 Å². The summed E-state index contributed by atoms with van der Waals surface area (Å²) in [7, 11) is 1.24. The number of urea groups is 1. The van der Waals surface area contributed by atoms with Gasteiger partial charge in [-0.25, -0.2) is 14.6 Å². The summed E-state index contributed by atoms with van der Waals surface area (Å²) < 4.78 is 4.77. The zero-order valence-corrected chi connectivity index (χ0v) is 32.7. The Morgan fingerprint density at radius 1 is 0.981 bits per heavy atom. The molecule has 1 aromatic heterocycles. The number of ether oxygens (including phenoxy) is 1. The van der Waals surface area contributed by atoms with Gasteiger partial charge in [0, 0.05) is 45.1 Å². The lowest BCUT2D eigenvalue weighted by molar-refractivity contribution is -0.133. The number of hydrogen-bond donors (Lipinski definition) is 4. The Balaban J connectivity index is 1.87. The number of hydrogen-bond acceptors (Lipinski definition) is 8. The summed E-state index contributed by atoms with van der Waals surface area (Å²) in [5.74, 6) is -0.521. The van der Waals surface area contributed by atoms with E-state index in [1.165, 1.54) is 7.11 Å². The average molecular weight is 724 g/mol. The maximum Gasteiger partial charge on any atom is 0.407 e. The number of carbonyl (C=O) groups excluding carboxylic acids is 4. The average Bonchev–Trinajstić information content (AvgIpc) is 3.40. The highest BCUT2D eigenvalue weighted by atomic mass is 16.5. The standard InChI is InChI=1S/C39H61N7O6/c1-26(2)17-19-45(43-34(48)32(38(4,5)6)42-36(50)52-10)25-31(47)30(22-28-14-12-11-13-15-28)41-35(49)33(39(7,8)9)46-21-20-44(37(46)51)24-29-23-40-18-16-27(29)3/h11-16,18,23,26,30-33,47H,17,19-22,24-25H2,1-10H3,(H,41,49)(H,42,50)(H,43,48)/t30-,31-,32+,33+/m0/s1. The SMILES string of the molecule is COC(=O)N[C@H](C(=O)NN(CCC(C)C)C[C@H](O)[C@H](Cc1ccccc1)NC(=O)[C@@H](N1CCN(Cc2cnccc2C)C1=O)C(C)(C)C)C(C)(C)C. The molecule has 2 heterocycles. The van der Waals surface area contributed by atoms with Gasteiger partial charge in [0.15, 0.2) is 0 Å². The quantitative estimate of drug-likeness (QED) is 0.187. The molecule has 13 nitrogen and oxygen atoms in total. The fourth-order valence-electron chi connectivity index (χ4n) is 6.30. The zero-order chi connectivity index (χ0) is 38.8. The van der Waals surface area contributed by atoms with E-state index in [9.17, 15) is 24.3 Å². The summed E-state index contributed by atoms with van der Waals surface area (Å²) in [5.41, 5.74) is 4.54. The van der Waals surface area contributed by atoms with Crippen molar-refractivity contribution in [3.8, 4) is 0 Å². The molecule has 4 atom stereocenters. The number of amides is 5. The van der Waals surface area contributed by atoms with Gasteiger partial charge in [-0.1, -0.05) is 85.7 Å².